The normalized spacial score (nSPS) is 18.0. The summed E-state index contributed by atoms with van der Waals surface area (Å²) >= 11 is 1.74. The van der Waals surface area contributed by atoms with E-state index >= 15 is 0 Å². The van der Waals surface area contributed by atoms with Crippen molar-refractivity contribution in [1.29, 1.82) is 0 Å². The summed E-state index contributed by atoms with van der Waals surface area (Å²) in [6.07, 6.45) is 2.47. The highest BCUT2D eigenvalue weighted by molar-refractivity contribution is 7.09. The van der Waals surface area contributed by atoms with E-state index < -0.39 is 0 Å². The van der Waals surface area contributed by atoms with Crippen molar-refractivity contribution < 1.29 is 19.2 Å². The van der Waals surface area contributed by atoms with Gasteiger partial charge in [-0.2, -0.15) is 0 Å². The largest absolute Gasteiger partial charge is 0.497 e. The molecule has 0 bridgehead atoms. The number of hydrogen-bond acceptors (Lipinski definition) is 4. The summed E-state index contributed by atoms with van der Waals surface area (Å²) in [4.78, 5) is 15.0. The molecule has 2 heterocycles. The smallest absolute Gasteiger partial charge is 0.279 e. The molecule has 1 unspecified atom stereocenters. The second-order valence-corrected chi connectivity index (χ2v) is 7.33. The van der Waals surface area contributed by atoms with Crippen LogP contribution >= 0.6 is 11.3 Å². The fraction of sp³-hybridized carbons (Fsp3) is 0.421. The highest BCUT2D eigenvalue weighted by Gasteiger charge is 2.24. The van der Waals surface area contributed by atoms with E-state index in [1.54, 1.807) is 18.4 Å². The Kier molecular flexibility index (Phi) is 6.44. The predicted octanol–water partition coefficient (Wildman–Crippen LogP) is 1.96. The zero-order valence-corrected chi connectivity index (χ0v) is 15.3. The molecule has 134 valence electrons. The summed E-state index contributed by atoms with van der Waals surface area (Å²) in [7, 11) is 1.62. The zero-order valence-electron chi connectivity index (χ0n) is 14.5. The second-order valence-electron chi connectivity index (χ2n) is 6.30. The van der Waals surface area contributed by atoms with Gasteiger partial charge in [0.15, 0.2) is 6.54 Å². The second kappa shape index (κ2) is 8.99. The zero-order chi connectivity index (χ0) is 17.5. The summed E-state index contributed by atoms with van der Waals surface area (Å²) in [6.45, 7) is 2.98. The molecule has 0 saturated carbocycles. The number of amides is 1. The van der Waals surface area contributed by atoms with Crippen molar-refractivity contribution in [2.75, 3.05) is 32.1 Å². The molecule has 0 radical (unpaired) electrons. The van der Waals surface area contributed by atoms with Crippen molar-refractivity contribution in [3.63, 3.8) is 0 Å². The summed E-state index contributed by atoms with van der Waals surface area (Å²) in [5.41, 5.74) is 0.761. The van der Waals surface area contributed by atoms with Gasteiger partial charge in [0.1, 0.15) is 24.9 Å². The summed E-state index contributed by atoms with van der Waals surface area (Å²) < 4.78 is 11.0. The maximum Gasteiger partial charge on any atom is 0.279 e. The van der Waals surface area contributed by atoms with E-state index in [0.29, 0.717) is 6.54 Å². The molecule has 5 nitrogen and oxygen atoms in total. The van der Waals surface area contributed by atoms with Gasteiger partial charge in [-0.1, -0.05) is 12.1 Å². The van der Waals surface area contributed by atoms with Crippen molar-refractivity contribution in [2.24, 2.45) is 0 Å². The molecule has 1 aliphatic heterocycles. The van der Waals surface area contributed by atoms with Crippen LogP contribution in [0.15, 0.2) is 41.8 Å². The number of carbonyl (C=O) groups is 1. The van der Waals surface area contributed by atoms with E-state index in [4.69, 9.17) is 9.47 Å². The molecule has 1 amide bonds. The first-order valence-corrected chi connectivity index (χ1v) is 9.52. The lowest BCUT2D eigenvalue weighted by Gasteiger charge is -2.21. The number of quaternary nitrogens is 1. The Labute approximate surface area is 152 Å². The van der Waals surface area contributed by atoms with E-state index in [1.807, 2.05) is 24.3 Å². The van der Waals surface area contributed by atoms with Crippen LogP contribution in [0.5, 0.6) is 5.75 Å². The molecule has 1 aliphatic rings. The van der Waals surface area contributed by atoms with E-state index in [2.05, 4.69) is 22.8 Å². The summed E-state index contributed by atoms with van der Waals surface area (Å²) in [6, 6.07) is 11.6. The van der Waals surface area contributed by atoms with Gasteiger partial charge in [-0.3, -0.25) is 4.79 Å². The minimum Gasteiger partial charge on any atom is -0.497 e. The van der Waals surface area contributed by atoms with Crippen molar-refractivity contribution in [3.05, 3.63) is 46.7 Å². The Morgan fingerprint density at radius 2 is 2.32 bits per heavy atom. The number of methoxy groups -OCH3 is 1. The third kappa shape index (κ3) is 5.56. The molecular weight excluding hydrogens is 336 g/mol. The molecule has 3 rings (SSSR count). The Bertz CT molecular complexity index is 669. The van der Waals surface area contributed by atoms with Gasteiger partial charge in [0, 0.05) is 18.4 Å². The lowest BCUT2D eigenvalue weighted by atomic mass is 10.2. The molecule has 2 aromatic rings. The molecule has 1 aromatic heterocycles. The van der Waals surface area contributed by atoms with E-state index in [9.17, 15) is 4.79 Å². The third-order valence-corrected chi connectivity index (χ3v) is 5.19. The molecule has 6 heteroatoms. The lowest BCUT2D eigenvalue weighted by Crippen LogP contribution is -3.12. The molecule has 2 N–H and O–H groups in total. The van der Waals surface area contributed by atoms with Crippen LogP contribution in [0.2, 0.25) is 0 Å². The van der Waals surface area contributed by atoms with Crippen molar-refractivity contribution in [3.8, 4) is 5.75 Å². The van der Waals surface area contributed by atoms with Crippen LogP contribution in [-0.2, 0) is 16.1 Å². The quantitative estimate of drug-likeness (QED) is 0.756. The Morgan fingerprint density at radius 3 is 3.04 bits per heavy atom. The molecule has 1 saturated heterocycles. The number of ether oxygens (including phenoxy) is 2. The first-order valence-electron chi connectivity index (χ1n) is 8.64. The molecule has 0 aliphatic carbocycles. The molecule has 1 fully saturated rings. The fourth-order valence-electron chi connectivity index (χ4n) is 3.13. The maximum absolute atomic E-state index is 12.5. The van der Waals surface area contributed by atoms with Gasteiger partial charge in [-0.25, -0.2) is 0 Å². The van der Waals surface area contributed by atoms with Crippen LogP contribution in [-0.4, -0.2) is 38.8 Å². The number of thiophene rings is 1. The maximum atomic E-state index is 12.5. The average molecular weight is 361 g/mol. The number of carbonyl (C=O) groups excluding carboxylic acids is 1. The van der Waals surface area contributed by atoms with Crippen molar-refractivity contribution in [1.82, 2.24) is 0 Å². The van der Waals surface area contributed by atoms with Gasteiger partial charge in [-0.15, -0.1) is 11.3 Å². The highest BCUT2D eigenvalue weighted by atomic mass is 32.1. The predicted molar refractivity (Wildman–Crippen MR) is 99.3 cm³/mol. The van der Waals surface area contributed by atoms with Crippen LogP contribution in [0.1, 0.15) is 17.7 Å². The average Bonchev–Trinajstić information content (AvgIpc) is 3.29. The van der Waals surface area contributed by atoms with Gasteiger partial charge < -0.3 is 19.7 Å². The van der Waals surface area contributed by atoms with Crippen molar-refractivity contribution in [2.45, 2.75) is 25.5 Å². The number of anilines is 1. The van der Waals surface area contributed by atoms with Crippen LogP contribution in [0, 0.1) is 0 Å². The van der Waals surface area contributed by atoms with E-state index in [0.717, 1.165) is 44.0 Å². The Balaban J connectivity index is 1.60. The number of rotatable bonds is 8. The minimum absolute atomic E-state index is 0.0119. The van der Waals surface area contributed by atoms with E-state index in [1.165, 1.54) is 9.78 Å². The number of benzene rings is 1. The molecular formula is C19H25N2O3S+. The standard InChI is InChI=1S/C19H24N2O3S/c1-23-16-6-2-5-15(11-16)20-19(22)14-21(12-17-7-3-9-24-17)13-18-8-4-10-25-18/h2,4-6,8,10-11,17H,3,7,9,12-14H2,1H3,(H,20,22)/p+1/t17-/m1/s1. The first-order chi connectivity index (χ1) is 12.2. The van der Waals surface area contributed by atoms with E-state index in [-0.39, 0.29) is 12.0 Å². The van der Waals surface area contributed by atoms with Gasteiger partial charge in [0.2, 0.25) is 0 Å². The molecule has 2 atom stereocenters. The minimum atomic E-state index is 0.0119. The van der Waals surface area contributed by atoms with Crippen LogP contribution in [0.4, 0.5) is 5.69 Å². The van der Waals surface area contributed by atoms with Gasteiger partial charge in [0.05, 0.1) is 12.0 Å². The van der Waals surface area contributed by atoms with Gasteiger partial charge in [0.25, 0.3) is 5.91 Å². The molecule has 25 heavy (non-hydrogen) atoms. The Morgan fingerprint density at radius 1 is 1.40 bits per heavy atom. The lowest BCUT2D eigenvalue weighted by molar-refractivity contribution is -0.908. The molecule has 1 aromatic carbocycles. The Hall–Kier alpha value is -1.89. The number of hydrogen-bond donors (Lipinski definition) is 2. The fourth-order valence-corrected chi connectivity index (χ4v) is 3.90. The van der Waals surface area contributed by atoms with Crippen LogP contribution < -0.4 is 15.0 Å². The monoisotopic (exact) mass is 361 g/mol. The van der Waals surface area contributed by atoms with Gasteiger partial charge in [-0.05, 0) is 36.4 Å². The summed E-state index contributed by atoms with van der Waals surface area (Å²) in [5, 5.41) is 5.05. The third-order valence-electron chi connectivity index (χ3n) is 4.31. The first kappa shape index (κ1) is 17.9. The highest BCUT2D eigenvalue weighted by Crippen LogP contribution is 2.16. The van der Waals surface area contributed by atoms with Gasteiger partial charge >= 0.3 is 0 Å². The van der Waals surface area contributed by atoms with Crippen molar-refractivity contribution >= 4 is 22.9 Å². The topological polar surface area (TPSA) is 52.0 Å². The number of nitrogens with one attached hydrogen (secondary N) is 2. The van der Waals surface area contributed by atoms with Crippen LogP contribution in [0.25, 0.3) is 0 Å². The molecule has 0 spiro atoms. The SMILES string of the molecule is COc1cccc(NC(=O)C[NH+](Cc2cccs2)C[C@H]2CCCO2)c1. The summed E-state index contributed by atoms with van der Waals surface area (Å²) in [5.74, 6) is 0.748. The van der Waals surface area contributed by atoms with Crippen LogP contribution in [0.3, 0.4) is 0 Å².